The fourth-order valence-electron chi connectivity index (χ4n) is 1.80. The number of ether oxygens (including phenoxy) is 1. The maximum absolute atomic E-state index is 13.9. The molecule has 1 heterocycles. The van der Waals surface area contributed by atoms with Crippen LogP contribution in [-0.2, 0) is 11.3 Å². The van der Waals surface area contributed by atoms with E-state index in [2.05, 4.69) is 4.98 Å². The Morgan fingerprint density at radius 2 is 2.24 bits per heavy atom. The van der Waals surface area contributed by atoms with Crippen molar-refractivity contribution in [2.24, 2.45) is 0 Å². The van der Waals surface area contributed by atoms with Gasteiger partial charge in [-0.15, -0.1) is 0 Å². The van der Waals surface area contributed by atoms with Gasteiger partial charge in [-0.3, -0.25) is 0 Å². The van der Waals surface area contributed by atoms with Gasteiger partial charge >= 0.3 is 5.97 Å². The van der Waals surface area contributed by atoms with E-state index in [0.29, 0.717) is 5.56 Å². The number of nitrogens with two attached hydrogens (primary N) is 1. The van der Waals surface area contributed by atoms with E-state index in [-0.39, 0.29) is 29.1 Å². The molecular weight excluding hydrogens is 273 g/mol. The normalized spacial score (nSPS) is 9.95. The molecule has 0 saturated heterocycles. The summed E-state index contributed by atoms with van der Waals surface area (Å²) in [4.78, 5) is 15.7. The van der Waals surface area contributed by atoms with Crippen molar-refractivity contribution >= 4 is 11.7 Å². The van der Waals surface area contributed by atoms with Crippen LogP contribution in [0.2, 0.25) is 0 Å². The molecule has 1 aromatic carbocycles. The molecule has 0 aliphatic heterocycles. The molecule has 21 heavy (non-hydrogen) atoms. The molecule has 1 aromatic heterocycles. The zero-order chi connectivity index (χ0) is 15.4. The number of nitriles is 1. The van der Waals surface area contributed by atoms with Gasteiger partial charge in [0.15, 0.2) is 0 Å². The van der Waals surface area contributed by atoms with E-state index in [1.165, 1.54) is 31.3 Å². The Kier molecular flexibility index (Phi) is 4.14. The van der Waals surface area contributed by atoms with Gasteiger partial charge in [0.05, 0.1) is 5.56 Å². The van der Waals surface area contributed by atoms with E-state index in [9.17, 15) is 9.18 Å². The van der Waals surface area contributed by atoms with E-state index < -0.39 is 11.8 Å². The molecule has 0 saturated carbocycles. The first-order valence-corrected chi connectivity index (χ1v) is 6.09. The summed E-state index contributed by atoms with van der Waals surface area (Å²) in [6, 6.07) is 7.66. The highest BCUT2D eigenvalue weighted by molar-refractivity contribution is 5.91. The number of esters is 1. The van der Waals surface area contributed by atoms with Crippen molar-refractivity contribution in [3.63, 3.8) is 0 Å². The number of hydrogen-bond acceptors (Lipinski definition) is 5. The number of rotatable bonds is 3. The van der Waals surface area contributed by atoms with Crippen LogP contribution in [0.4, 0.5) is 10.1 Å². The Balaban J connectivity index is 2.14. The number of nitrogen functional groups attached to an aromatic ring is 1. The summed E-state index contributed by atoms with van der Waals surface area (Å²) >= 11 is 0. The number of halogens is 1. The van der Waals surface area contributed by atoms with E-state index in [4.69, 9.17) is 15.7 Å². The summed E-state index contributed by atoms with van der Waals surface area (Å²) in [5, 5.41) is 8.73. The molecule has 0 bridgehead atoms. The molecule has 6 heteroatoms. The quantitative estimate of drug-likeness (QED) is 0.690. The van der Waals surface area contributed by atoms with Crippen LogP contribution in [0.25, 0.3) is 0 Å². The molecule has 2 aromatic rings. The summed E-state index contributed by atoms with van der Waals surface area (Å²) in [5.74, 6) is -1.46. The van der Waals surface area contributed by atoms with Crippen LogP contribution >= 0.6 is 0 Å². The van der Waals surface area contributed by atoms with Gasteiger partial charge in [-0.05, 0) is 42.3 Å². The molecule has 0 fully saturated rings. The van der Waals surface area contributed by atoms with E-state index in [0.717, 1.165) is 0 Å². The molecule has 0 amide bonds. The summed E-state index contributed by atoms with van der Waals surface area (Å²) in [6.45, 7) is 1.44. The molecular formula is C15H12FN3O2. The van der Waals surface area contributed by atoms with Crippen LogP contribution in [0.1, 0.15) is 27.2 Å². The molecule has 0 spiro atoms. The molecule has 2 rings (SSSR count). The lowest BCUT2D eigenvalue weighted by Crippen LogP contribution is -2.09. The first-order chi connectivity index (χ1) is 10.0. The molecule has 0 aliphatic carbocycles. The lowest BCUT2D eigenvalue weighted by Gasteiger charge is -2.08. The summed E-state index contributed by atoms with van der Waals surface area (Å²) in [7, 11) is 0. The average Bonchev–Trinajstić information content (AvgIpc) is 2.48. The fourth-order valence-corrected chi connectivity index (χ4v) is 1.80. The predicted molar refractivity (Wildman–Crippen MR) is 73.6 cm³/mol. The predicted octanol–water partition coefficient (Wildman–Crippen LogP) is 2.34. The van der Waals surface area contributed by atoms with E-state index >= 15 is 0 Å². The Morgan fingerprint density at radius 3 is 2.95 bits per heavy atom. The van der Waals surface area contributed by atoms with Crippen molar-refractivity contribution in [1.29, 1.82) is 5.26 Å². The van der Waals surface area contributed by atoms with Gasteiger partial charge in [-0.2, -0.15) is 5.26 Å². The minimum atomic E-state index is -0.807. The number of carbonyl (C=O) groups excluding carboxylic acids is 1. The third-order valence-electron chi connectivity index (χ3n) is 2.81. The van der Waals surface area contributed by atoms with Gasteiger partial charge in [0.1, 0.15) is 24.2 Å². The van der Waals surface area contributed by atoms with Gasteiger partial charge < -0.3 is 10.5 Å². The van der Waals surface area contributed by atoms with Crippen molar-refractivity contribution < 1.29 is 13.9 Å². The van der Waals surface area contributed by atoms with E-state index in [1.807, 2.05) is 6.07 Å². The van der Waals surface area contributed by atoms with Crippen LogP contribution in [0.3, 0.4) is 0 Å². The number of carbonyl (C=O) groups is 1. The molecule has 0 aliphatic rings. The second-order valence-electron chi connectivity index (χ2n) is 4.44. The zero-order valence-corrected chi connectivity index (χ0v) is 11.3. The smallest absolute Gasteiger partial charge is 0.341 e. The SMILES string of the molecule is Cc1cc(N)cc(C(=O)OCc2ccnc(C#N)c2)c1F. The number of aryl methyl sites for hydroxylation is 1. The second kappa shape index (κ2) is 6.01. The zero-order valence-electron chi connectivity index (χ0n) is 11.3. The van der Waals surface area contributed by atoms with Crippen LogP contribution in [0, 0.1) is 24.1 Å². The number of nitrogens with zero attached hydrogens (tertiary/aromatic N) is 2. The fraction of sp³-hybridized carbons (Fsp3) is 0.133. The average molecular weight is 285 g/mol. The largest absolute Gasteiger partial charge is 0.457 e. The van der Waals surface area contributed by atoms with Gasteiger partial charge in [-0.1, -0.05) is 0 Å². The Hall–Kier alpha value is -2.94. The second-order valence-corrected chi connectivity index (χ2v) is 4.44. The Morgan fingerprint density at radius 1 is 1.48 bits per heavy atom. The monoisotopic (exact) mass is 285 g/mol. The lowest BCUT2D eigenvalue weighted by atomic mass is 10.1. The van der Waals surface area contributed by atoms with Crippen molar-refractivity contribution in [3.05, 3.63) is 58.7 Å². The topological polar surface area (TPSA) is 89.0 Å². The summed E-state index contributed by atoms with van der Waals surface area (Å²) < 4.78 is 18.9. The molecule has 0 radical (unpaired) electrons. The first kappa shape index (κ1) is 14.5. The molecule has 106 valence electrons. The number of anilines is 1. The van der Waals surface area contributed by atoms with Crippen molar-refractivity contribution in [2.75, 3.05) is 5.73 Å². The van der Waals surface area contributed by atoms with E-state index in [1.54, 1.807) is 6.07 Å². The third kappa shape index (κ3) is 3.34. The van der Waals surface area contributed by atoms with Crippen LogP contribution in [0.5, 0.6) is 0 Å². The molecule has 2 N–H and O–H groups in total. The number of benzene rings is 1. The van der Waals surface area contributed by atoms with Gasteiger partial charge in [0.25, 0.3) is 0 Å². The minimum Gasteiger partial charge on any atom is -0.457 e. The number of pyridine rings is 1. The van der Waals surface area contributed by atoms with Gasteiger partial charge in [-0.25, -0.2) is 14.2 Å². The highest BCUT2D eigenvalue weighted by Gasteiger charge is 2.16. The Bertz CT molecular complexity index is 738. The lowest BCUT2D eigenvalue weighted by molar-refractivity contribution is 0.0467. The number of hydrogen-bond donors (Lipinski definition) is 1. The minimum absolute atomic E-state index is 0.0800. The van der Waals surface area contributed by atoms with Gasteiger partial charge in [0, 0.05) is 11.9 Å². The van der Waals surface area contributed by atoms with Crippen LogP contribution in [-0.4, -0.2) is 11.0 Å². The molecule has 5 nitrogen and oxygen atoms in total. The maximum Gasteiger partial charge on any atom is 0.341 e. The summed E-state index contributed by atoms with van der Waals surface area (Å²) in [6.07, 6.45) is 1.44. The van der Waals surface area contributed by atoms with Crippen molar-refractivity contribution in [1.82, 2.24) is 4.98 Å². The first-order valence-electron chi connectivity index (χ1n) is 6.09. The van der Waals surface area contributed by atoms with Crippen LogP contribution < -0.4 is 5.73 Å². The van der Waals surface area contributed by atoms with Crippen molar-refractivity contribution in [3.8, 4) is 6.07 Å². The molecule has 0 unspecified atom stereocenters. The molecule has 0 atom stereocenters. The summed E-state index contributed by atoms with van der Waals surface area (Å²) in [5.41, 5.74) is 6.76. The van der Waals surface area contributed by atoms with Gasteiger partial charge in [0.2, 0.25) is 0 Å². The van der Waals surface area contributed by atoms with Crippen molar-refractivity contribution in [2.45, 2.75) is 13.5 Å². The highest BCUT2D eigenvalue weighted by Crippen LogP contribution is 2.18. The number of aromatic nitrogens is 1. The highest BCUT2D eigenvalue weighted by atomic mass is 19.1. The van der Waals surface area contributed by atoms with Crippen LogP contribution in [0.15, 0.2) is 30.5 Å². The maximum atomic E-state index is 13.9. The standard InChI is InChI=1S/C15H12FN3O2/c1-9-4-11(18)6-13(14(9)16)15(20)21-8-10-2-3-19-12(5-10)7-17/h2-6H,8,18H2,1H3. The Labute approximate surface area is 120 Å². The third-order valence-corrected chi connectivity index (χ3v) is 2.81.